The summed E-state index contributed by atoms with van der Waals surface area (Å²) in [6.45, 7) is 0. The van der Waals surface area contributed by atoms with Gasteiger partial charge in [0.1, 0.15) is 0 Å². The molecule has 2 fully saturated rings. The molecule has 1 heteroatoms. The van der Waals surface area contributed by atoms with Crippen molar-refractivity contribution in [3.63, 3.8) is 0 Å². The summed E-state index contributed by atoms with van der Waals surface area (Å²) in [4.78, 5) is 0. The molecule has 2 aliphatic carbocycles. The quantitative estimate of drug-likeness (QED) is 0.545. The molecule has 1 nitrogen and oxygen atoms in total. The van der Waals surface area contributed by atoms with Gasteiger partial charge in [0.05, 0.1) is 6.10 Å². The highest BCUT2D eigenvalue weighted by Gasteiger charge is 2.32. The summed E-state index contributed by atoms with van der Waals surface area (Å²) in [5.74, 6) is 1.88. The van der Waals surface area contributed by atoms with E-state index in [1.807, 2.05) is 0 Å². The first-order chi connectivity index (χ1) is 4.86. The minimum atomic E-state index is 0.0411. The first-order valence-electron chi connectivity index (χ1n) is 4.54. The van der Waals surface area contributed by atoms with Gasteiger partial charge in [0.2, 0.25) is 0 Å². The second kappa shape index (κ2) is 2.54. The van der Waals surface area contributed by atoms with Gasteiger partial charge in [-0.2, -0.15) is 0 Å². The van der Waals surface area contributed by atoms with E-state index in [0.29, 0.717) is 0 Å². The number of hydrogen-bond donors (Lipinski definition) is 1. The van der Waals surface area contributed by atoms with Crippen LogP contribution in [0.5, 0.6) is 0 Å². The zero-order chi connectivity index (χ0) is 6.97. The maximum Gasteiger partial charge on any atom is 0.0543 e. The predicted octanol–water partition coefficient (Wildman–Crippen LogP) is 1.95. The van der Waals surface area contributed by atoms with Crippen LogP contribution in [-0.4, -0.2) is 11.2 Å². The molecular weight excluding hydrogens is 124 g/mol. The molecule has 0 aromatic heterocycles. The number of aliphatic hydroxyl groups excluding tert-OH is 1. The standard InChI is InChI=1S/C9H16O/c10-9-5-4-7-2-1-3-8(7)6-9/h7-10H,1-6H2/t7-,8-,9+/m0/s1. The van der Waals surface area contributed by atoms with Crippen molar-refractivity contribution >= 4 is 0 Å². The Hall–Kier alpha value is -0.0400. The third-order valence-electron chi connectivity index (χ3n) is 3.26. The molecule has 2 saturated carbocycles. The number of aliphatic hydroxyl groups is 1. The highest BCUT2D eigenvalue weighted by atomic mass is 16.3. The van der Waals surface area contributed by atoms with Gasteiger partial charge in [0.15, 0.2) is 0 Å². The molecule has 0 spiro atoms. The molecular formula is C9H16O. The average Bonchev–Trinajstić information content (AvgIpc) is 2.33. The van der Waals surface area contributed by atoms with Crippen molar-refractivity contribution in [1.29, 1.82) is 0 Å². The van der Waals surface area contributed by atoms with Crippen molar-refractivity contribution in [3.8, 4) is 0 Å². The topological polar surface area (TPSA) is 20.2 Å². The normalized spacial score (nSPS) is 47.1. The monoisotopic (exact) mass is 140 g/mol. The summed E-state index contributed by atoms with van der Waals surface area (Å²) in [6, 6.07) is 0. The largest absolute Gasteiger partial charge is 0.393 e. The molecule has 2 rings (SSSR count). The lowest BCUT2D eigenvalue weighted by atomic mass is 9.80. The molecule has 0 aliphatic heterocycles. The van der Waals surface area contributed by atoms with Gasteiger partial charge in [-0.3, -0.25) is 0 Å². The fraction of sp³-hybridized carbons (Fsp3) is 1.00. The molecule has 2 aliphatic rings. The summed E-state index contributed by atoms with van der Waals surface area (Å²) in [7, 11) is 0. The molecule has 1 N–H and O–H groups in total. The van der Waals surface area contributed by atoms with E-state index in [2.05, 4.69) is 0 Å². The van der Waals surface area contributed by atoms with Gasteiger partial charge >= 0.3 is 0 Å². The fourth-order valence-electron chi connectivity index (χ4n) is 2.68. The van der Waals surface area contributed by atoms with Crippen LogP contribution in [0.4, 0.5) is 0 Å². The molecule has 0 amide bonds. The fourth-order valence-corrected chi connectivity index (χ4v) is 2.68. The van der Waals surface area contributed by atoms with Crippen LogP contribution in [-0.2, 0) is 0 Å². The van der Waals surface area contributed by atoms with Crippen molar-refractivity contribution < 1.29 is 5.11 Å². The summed E-state index contributed by atoms with van der Waals surface area (Å²) < 4.78 is 0. The molecule has 3 atom stereocenters. The minimum Gasteiger partial charge on any atom is -0.393 e. The van der Waals surface area contributed by atoms with Crippen molar-refractivity contribution in [2.75, 3.05) is 0 Å². The molecule has 10 heavy (non-hydrogen) atoms. The van der Waals surface area contributed by atoms with Crippen LogP contribution in [0.1, 0.15) is 38.5 Å². The van der Waals surface area contributed by atoms with Gasteiger partial charge in [-0.1, -0.05) is 19.3 Å². The van der Waals surface area contributed by atoms with E-state index in [4.69, 9.17) is 0 Å². The van der Waals surface area contributed by atoms with E-state index in [-0.39, 0.29) is 6.10 Å². The Kier molecular flexibility index (Phi) is 1.69. The second-order valence-corrected chi connectivity index (χ2v) is 3.92. The van der Waals surface area contributed by atoms with E-state index < -0.39 is 0 Å². The number of hydrogen-bond acceptors (Lipinski definition) is 1. The third-order valence-corrected chi connectivity index (χ3v) is 3.26. The lowest BCUT2D eigenvalue weighted by Gasteiger charge is -2.28. The van der Waals surface area contributed by atoms with Gasteiger partial charge < -0.3 is 5.11 Å². The van der Waals surface area contributed by atoms with Crippen LogP contribution in [0, 0.1) is 11.8 Å². The first kappa shape index (κ1) is 6.66. The second-order valence-electron chi connectivity index (χ2n) is 3.92. The summed E-state index contributed by atoms with van der Waals surface area (Å²) in [5.41, 5.74) is 0. The minimum absolute atomic E-state index is 0.0411. The molecule has 0 aromatic rings. The van der Waals surface area contributed by atoms with Crippen molar-refractivity contribution in [2.45, 2.75) is 44.6 Å². The van der Waals surface area contributed by atoms with Crippen molar-refractivity contribution in [1.82, 2.24) is 0 Å². The highest BCUT2D eigenvalue weighted by Crippen LogP contribution is 2.41. The van der Waals surface area contributed by atoms with Crippen molar-refractivity contribution in [2.24, 2.45) is 11.8 Å². The van der Waals surface area contributed by atoms with Crippen LogP contribution in [0.25, 0.3) is 0 Å². The van der Waals surface area contributed by atoms with Crippen LogP contribution in [0.15, 0.2) is 0 Å². The Labute approximate surface area is 62.4 Å². The predicted molar refractivity (Wildman–Crippen MR) is 40.7 cm³/mol. The Morgan fingerprint density at radius 3 is 2.60 bits per heavy atom. The van der Waals surface area contributed by atoms with Gasteiger partial charge in [-0.25, -0.2) is 0 Å². The van der Waals surface area contributed by atoms with E-state index in [0.717, 1.165) is 24.7 Å². The van der Waals surface area contributed by atoms with Crippen LogP contribution in [0.2, 0.25) is 0 Å². The van der Waals surface area contributed by atoms with Gasteiger partial charge in [0, 0.05) is 0 Å². The van der Waals surface area contributed by atoms with E-state index >= 15 is 0 Å². The molecule has 0 heterocycles. The molecule has 0 saturated heterocycles. The Morgan fingerprint density at radius 2 is 1.70 bits per heavy atom. The molecule has 0 aromatic carbocycles. The zero-order valence-corrected chi connectivity index (χ0v) is 6.42. The molecule has 0 bridgehead atoms. The SMILES string of the molecule is O[C@@H]1CC[C@@H]2CCC[C@H]2C1. The average molecular weight is 140 g/mol. The van der Waals surface area contributed by atoms with Gasteiger partial charge in [0.25, 0.3) is 0 Å². The van der Waals surface area contributed by atoms with Gasteiger partial charge in [-0.05, 0) is 31.1 Å². The molecule has 58 valence electrons. The summed E-state index contributed by atoms with van der Waals surface area (Å²) in [6.07, 6.45) is 7.76. The first-order valence-corrected chi connectivity index (χ1v) is 4.54. The van der Waals surface area contributed by atoms with E-state index in [9.17, 15) is 5.11 Å². The number of fused-ring (bicyclic) bond motifs is 1. The maximum atomic E-state index is 9.36. The Bertz CT molecular complexity index is 122. The Morgan fingerprint density at radius 1 is 0.900 bits per heavy atom. The third kappa shape index (κ3) is 1.07. The smallest absolute Gasteiger partial charge is 0.0543 e. The van der Waals surface area contributed by atoms with Gasteiger partial charge in [-0.15, -0.1) is 0 Å². The highest BCUT2D eigenvalue weighted by molar-refractivity contribution is 4.84. The maximum absolute atomic E-state index is 9.36. The zero-order valence-electron chi connectivity index (χ0n) is 6.42. The van der Waals surface area contributed by atoms with E-state index in [1.54, 1.807) is 0 Å². The number of rotatable bonds is 0. The summed E-state index contributed by atoms with van der Waals surface area (Å²) >= 11 is 0. The van der Waals surface area contributed by atoms with Crippen LogP contribution in [0.3, 0.4) is 0 Å². The van der Waals surface area contributed by atoms with Crippen LogP contribution < -0.4 is 0 Å². The lowest BCUT2D eigenvalue weighted by molar-refractivity contribution is 0.0806. The lowest BCUT2D eigenvalue weighted by Crippen LogP contribution is -2.23. The molecule has 0 unspecified atom stereocenters. The summed E-state index contributed by atoms with van der Waals surface area (Å²) in [5, 5.41) is 9.36. The van der Waals surface area contributed by atoms with E-state index in [1.165, 1.54) is 25.7 Å². The van der Waals surface area contributed by atoms with Crippen molar-refractivity contribution in [3.05, 3.63) is 0 Å². The molecule has 0 radical (unpaired) electrons. The Balaban J connectivity index is 1.96. The van der Waals surface area contributed by atoms with Crippen LogP contribution >= 0.6 is 0 Å².